The van der Waals surface area contributed by atoms with Gasteiger partial charge in [0.05, 0.1) is 0 Å². The summed E-state index contributed by atoms with van der Waals surface area (Å²) in [5, 5.41) is 18.1. The van der Waals surface area contributed by atoms with E-state index in [1.165, 1.54) is 0 Å². The molecule has 5 nitrogen and oxygen atoms in total. The van der Waals surface area contributed by atoms with Crippen LogP contribution in [-0.2, 0) is 11.2 Å². The van der Waals surface area contributed by atoms with Crippen molar-refractivity contribution in [3.05, 3.63) is 89.0 Å². The van der Waals surface area contributed by atoms with Crippen LogP contribution in [0.3, 0.4) is 0 Å². The first-order valence-electron chi connectivity index (χ1n) is 9.42. The zero-order valence-electron chi connectivity index (χ0n) is 16.0. The predicted molar refractivity (Wildman–Crippen MR) is 111 cm³/mol. The molecule has 0 unspecified atom stereocenters. The van der Waals surface area contributed by atoms with E-state index in [4.69, 9.17) is 9.84 Å². The molecule has 3 aromatic carbocycles. The van der Waals surface area contributed by atoms with Crippen LogP contribution in [0.15, 0.2) is 66.7 Å². The highest BCUT2D eigenvalue weighted by Gasteiger charge is 2.26. The number of hydrogen-bond acceptors (Lipinski definition) is 4. The van der Waals surface area contributed by atoms with Crippen molar-refractivity contribution in [2.45, 2.75) is 12.5 Å². The van der Waals surface area contributed by atoms with Crippen molar-refractivity contribution in [2.75, 3.05) is 6.61 Å². The highest BCUT2D eigenvalue weighted by Crippen LogP contribution is 2.37. The van der Waals surface area contributed by atoms with Crippen molar-refractivity contribution in [3.8, 4) is 28.7 Å². The molecule has 4 rings (SSSR count). The molecular weight excluding hydrogens is 380 g/mol. The van der Waals surface area contributed by atoms with Gasteiger partial charge in [-0.2, -0.15) is 0 Å². The summed E-state index contributed by atoms with van der Waals surface area (Å²) in [6.45, 7) is 0.166. The monoisotopic (exact) mass is 398 g/mol. The van der Waals surface area contributed by atoms with Crippen LogP contribution in [0.5, 0.6) is 5.75 Å². The van der Waals surface area contributed by atoms with Crippen molar-refractivity contribution < 1.29 is 24.5 Å². The molecule has 2 N–H and O–H groups in total. The van der Waals surface area contributed by atoms with Crippen LogP contribution in [0.2, 0.25) is 0 Å². The van der Waals surface area contributed by atoms with Crippen molar-refractivity contribution in [1.82, 2.24) is 0 Å². The summed E-state index contributed by atoms with van der Waals surface area (Å²) in [6.07, 6.45) is -1.37. The van der Waals surface area contributed by atoms with Gasteiger partial charge in [0.2, 0.25) is 0 Å². The van der Waals surface area contributed by atoms with Crippen LogP contribution >= 0.6 is 0 Å². The summed E-state index contributed by atoms with van der Waals surface area (Å²) in [6, 6.07) is 20.0. The Labute approximate surface area is 173 Å². The quantitative estimate of drug-likeness (QED) is 0.504. The number of aliphatic hydroxyl groups excluding tert-OH is 1. The largest absolute Gasteiger partial charge is 0.481 e. The Kier molecular flexibility index (Phi) is 5.34. The number of aliphatic hydroxyl groups is 1. The number of fused-ring (bicyclic) bond motifs is 3. The average molecular weight is 398 g/mol. The number of carbonyl (C=O) groups is 2. The second-order valence-electron chi connectivity index (χ2n) is 6.93. The summed E-state index contributed by atoms with van der Waals surface area (Å²) in [4.78, 5) is 23.2. The van der Waals surface area contributed by atoms with E-state index in [1.807, 2.05) is 36.4 Å². The molecule has 0 aromatic heterocycles. The van der Waals surface area contributed by atoms with E-state index in [-0.39, 0.29) is 18.8 Å². The molecule has 0 fully saturated rings. The average Bonchev–Trinajstić information content (AvgIpc) is 3.04. The molecule has 0 bridgehead atoms. The van der Waals surface area contributed by atoms with Gasteiger partial charge in [0.15, 0.2) is 11.9 Å². The zero-order chi connectivity index (χ0) is 21.1. The fourth-order valence-corrected chi connectivity index (χ4v) is 3.39. The molecule has 1 aliphatic rings. The zero-order valence-corrected chi connectivity index (χ0v) is 16.0. The van der Waals surface area contributed by atoms with E-state index in [0.717, 1.165) is 22.3 Å². The highest BCUT2D eigenvalue weighted by molar-refractivity contribution is 6.21. The van der Waals surface area contributed by atoms with Gasteiger partial charge in [0.25, 0.3) is 0 Å². The third-order valence-corrected chi connectivity index (χ3v) is 4.91. The Balaban J connectivity index is 1.38. The Morgan fingerprint density at radius 2 is 1.63 bits per heavy atom. The number of ether oxygens (including phenoxy) is 1. The Hall–Kier alpha value is -3.88. The number of hydrogen-bond donors (Lipinski definition) is 2. The van der Waals surface area contributed by atoms with Crippen LogP contribution in [0.4, 0.5) is 0 Å². The number of benzene rings is 3. The maximum atomic E-state index is 12.6. The molecule has 0 aliphatic heterocycles. The van der Waals surface area contributed by atoms with Gasteiger partial charge in [0.1, 0.15) is 12.4 Å². The molecule has 0 amide bonds. The van der Waals surface area contributed by atoms with E-state index in [9.17, 15) is 14.7 Å². The lowest BCUT2D eigenvalue weighted by molar-refractivity contribution is -0.146. The molecule has 0 radical (unpaired) electrons. The fourth-order valence-electron chi connectivity index (χ4n) is 3.39. The SMILES string of the molecule is O=C1c2ccccc2-c2ccc(OCC#Cc3ccc(C[C@H](O)C(=O)O)cc3)cc21. The molecule has 0 heterocycles. The van der Waals surface area contributed by atoms with E-state index in [2.05, 4.69) is 11.8 Å². The second kappa shape index (κ2) is 8.24. The van der Waals surface area contributed by atoms with E-state index in [0.29, 0.717) is 16.9 Å². The molecule has 30 heavy (non-hydrogen) atoms. The lowest BCUT2D eigenvalue weighted by Crippen LogP contribution is -2.21. The molecular formula is C25H18O5. The predicted octanol–water partition coefficient (Wildman–Crippen LogP) is 3.32. The minimum atomic E-state index is -1.41. The van der Waals surface area contributed by atoms with Crippen LogP contribution in [0.25, 0.3) is 11.1 Å². The van der Waals surface area contributed by atoms with Crippen LogP contribution in [-0.4, -0.2) is 34.7 Å². The van der Waals surface area contributed by atoms with Crippen molar-refractivity contribution in [1.29, 1.82) is 0 Å². The topological polar surface area (TPSA) is 83.8 Å². The lowest BCUT2D eigenvalue weighted by atomic mass is 10.1. The molecule has 1 atom stereocenters. The van der Waals surface area contributed by atoms with Gasteiger partial charge < -0.3 is 14.9 Å². The fraction of sp³-hybridized carbons (Fsp3) is 0.120. The number of ketones is 1. The van der Waals surface area contributed by atoms with Crippen LogP contribution in [0.1, 0.15) is 27.0 Å². The summed E-state index contributed by atoms with van der Waals surface area (Å²) >= 11 is 0. The van der Waals surface area contributed by atoms with E-state index < -0.39 is 12.1 Å². The standard InChI is InChI=1S/C25H18O5/c26-23(25(28)29)14-17-9-7-16(8-10-17)4-3-13-30-18-11-12-20-19-5-1-2-6-21(19)24(27)22(20)15-18/h1-2,5-12,15,23,26H,13-14H2,(H,28,29)/t23-/m0/s1. The molecule has 0 saturated carbocycles. The lowest BCUT2D eigenvalue weighted by Gasteiger charge is -2.05. The number of rotatable bonds is 5. The third kappa shape index (κ3) is 3.95. The number of carboxylic acids is 1. The Bertz CT molecular complexity index is 1180. The maximum Gasteiger partial charge on any atom is 0.332 e. The maximum absolute atomic E-state index is 12.6. The molecule has 0 spiro atoms. The van der Waals surface area contributed by atoms with E-state index in [1.54, 1.807) is 30.3 Å². The van der Waals surface area contributed by atoms with Gasteiger partial charge >= 0.3 is 5.97 Å². The first-order valence-corrected chi connectivity index (χ1v) is 9.42. The summed E-state index contributed by atoms with van der Waals surface area (Å²) < 4.78 is 5.68. The van der Waals surface area contributed by atoms with Crippen molar-refractivity contribution >= 4 is 11.8 Å². The first-order chi connectivity index (χ1) is 14.5. The summed E-state index contributed by atoms with van der Waals surface area (Å²) in [5.41, 5.74) is 4.69. The van der Waals surface area contributed by atoms with Crippen LogP contribution in [0, 0.1) is 11.8 Å². The third-order valence-electron chi connectivity index (χ3n) is 4.91. The molecule has 0 saturated heterocycles. The highest BCUT2D eigenvalue weighted by atomic mass is 16.5. The van der Waals surface area contributed by atoms with E-state index >= 15 is 0 Å². The second-order valence-corrected chi connectivity index (χ2v) is 6.93. The molecule has 3 aromatic rings. The van der Waals surface area contributed by atoms with Gasteiger partial charge in [-0.05, 0) is 47.0 Å². The molecule has 1 aliphatic carbocycles. The van der Waals surface area contributed by atoms with Crippen molar-refractivity contribution in [2.24, 2.45) is 0 Å². The van der Waals surface area contributed by atoms with Gasteiger partial charge in [-0.15, -0.1) is 0 Å². The normalized spacial score (nSPS) is 12.4. The number of carbonyl (C=O) groups excluding carboxylic acids is 1. The minimum Gasteiger partial charge on any atom is -0.481 e. The van der Waals surface area contributed by atoms with Gasteiger partial charge in [-0.1, -0.05) is 48.2 Å². The van der Waals surface area contributed by atoms with Gasteiger partial charge in [-0.25, -0.2) is 4.79 Å². The Morgan fingerprint density at radius 3 is 2.37 bits per heavy atom. The molecule has 5 heteroatoms. The smallest absolute Gasteiger partial charge is 0.332 e. The number of carboxylic acid groups (broad SMARTS) is 1. The van der Waals surface area contributed by atoms with Crippen molar-refractivity contribution in [3.63, 3.8) is 0 Å². The number of aliphatic carboxylic acids is 1. The summed E-state index contributed by atoms with van der Waals surface area (Å²) in [5.74, 6) is 5.24. The molecule has 148 valence electrons. The van der Waals surface area contributed by atoms with Gasteiger partial charge in [-0.3, -0.25) is 4.79 Å². The van der Waals surface area contributed by atoms with Crippen LogP contribution < -0.4 is 4.74 Å². The summed E-state index contributed by atoms with van der Waals surface area (Å²) in [7, 11) is 0. The Morgan fingerprint density at radius 1 is 0.933 bits per heavy atom. The first kappa shape index (κ1) is 19.4. The minimum absolute atomic E-state index is 0.00485. The van der Waals surface area contributed by atoms with Gasteiger partial charge in [0, 0.05) is 23.1 Å².